The average molecular weight is 253 g/mol. The topological polar surface area (TPSA) is 24.5 Å². The third-order valence-electron chi connectivity index (χ3n) is 2.75. The van der Waals surface area contributed by atoms with Crippen LogP contribution < -0.4 is 15.0 Å². The van der Waals surface area contributed by atoms with Crippen LogP contribution >= 0.6 is 11.6 Å². The second-order valence-corrected chi connectivity index (χ2v) is 4.16. The summed E-state index contributed by atoms with van der Waals surface area (Å²) in [5.74, 6) is 0.874. The molecule has 0 amide bonds. The summed E-state index contributed by atoms with van der Waals surface area (Å²) in [5.41, 5.74) is 2.72. The molecule has 0 bridgehead atoms. The molecule has 3 nitrogen and oxygen atoms in total. The van der Waals surface area contributed by atoms with E-state index in [4.69, 9.17) is 16.3 Å². The van der Waals surface area contributed by atoms with Gasteiger partial charge in [0.15, 0.2) is 0 Å². The van der Waals surface area contributed by atoms with Crippen LogP contribution in [0, 0.1) is 0 Å². The molecule has 4 heteroatoms. The molecule has 0 aliphatic carbocycles. The van der Waals surface area contributed by atoms with E-state index in [0.717, 1.165) is 31.9 Å². The number of nitrogens with zero attached hydrogens (tertiary/aromatic N) is 1. The molecule has 1 aliphatic heterocycles. The molecule has 0 atom stereocenters. The summed E-state index contributed by atoms with van der Waals surface area (Å²) >= 11 is 5.42. The first-order chi connectivity index (χ1) is 8.40. The monoisotopic (exact) mass is 252 g/mol. The van der Waals surface area contributed by atoms with Gasteiger partial charge in [-0.2, -0.15) is 0 Å². The smallest absolute Gasteiger partial charge is 0.119 e. The SMILES string of the molecule is Cl/C=C/COc1ccc(N2CCNCC2)cc1. The number of hydrogen-bond donors (Lipinski definition) is 1. The minimum Gasteiger partial charge on any atom is -0.490 e. The summed E-state index contributed by atoms with van der Waals surface area (Å²) in [4.78, 5) is 2.37. The third kappa shape index (κ3) is 3.65. The molecule has 2 rings (SSSR count). The second-order valence-electron chi connectivity index (χ2n) is 3.90. The Kier molecular flexibility index (Phi) is 4.71. The summed E-state index contributed by atoms with van der Waals surface area (Å²) in [5, 5.41) is 3.34. The van der Waals surface area contributed by atoms with Crippen molar-refractivity contribution < 1.29 is 4.74 Å². The molecule has 1 aliphatic rings. The van der Waals surface area contributed by atoms with Gasteiger partial charge in [0.25, 0.3) is 0 Å². The Bertz CT molecular complexity index is 358. The van der Waals surface area contributed by atoms with Crippen molar-refractivity contribution in [3.8, 4) is 5.75 Å². The highest BCUT2D eigenvalue weighted by Crippen LogP contribution is 2.19. The van der Waals surface area contributed by atoms with Crippen LogP contribution in [0.3, 0.4) is 0 Å². The van der Waals surface area contributed by atoms with Gasteiger partial charge in [-0.25, -0.2) is 0 Å². The minimum atomic E-state index is 0.510. The van der Waals surface area contributed by atoms with E-state index in [9.17, 15) is 0 Å². The lowest BCUT2D eigenvalue weighted by molar-refractivity contribution is 0.363. The highest BCUT2D eigenvalue weighted by Gasteiger charge is 2.09. The minimum absolute atomic E-state index is 0.510. The van der Waals surface area contributed by atoms with E-state index in [1.54, 1.807) is 6.08 Å². The lowest BCUT2D eigenvalue weighted by Gasteiger charge is -2.29. The van der Waals surface area contributed by atoms with Crippen LogP contribution in [0.4, 0.5) is 5.69 Å². The highest BCUT2D eigenvalue weighted by molar-refractivity contribution is 6.25. The summed E-state index contributed by atoms with van der Waals surface area (Å²) in [7, 11) is 0. The molecule has 0 unspecified atom stereocenters. The van der Waals surface area contributed by atoms with Crippen LogP contribution in [-0.4, -0.2) is 32.8 Å². The summed E-state index contributed by atoms with van der Waals surface area (Å²) in [6.45, 7) is 4.75. The van der Waals surface area contributed by atoms with Gasteiger partial charge in [0.2, 0.25) is 0 Å². The van der Waals surface area contributed by atoms with Crippen molar-refractivity contribution in [3.05, 3.63) is 35.9 Å². The number of anilines is 1. The zero-order valence-electron chi connectivity index (χ0n) is 9.73. The van der Waals surface area contributed by atoms with E-state index >= 15 is 0 Å². The fourth-order valence-corrected chi connectivity index (χ4v) is 1.93. The predicted octanol–water partition coefficient (Wildman–Crippen LogP) is 2.23. The first-order valence-corrected chi connectivity index (χ1v) is 6.27. The van der Waals surface area contributed by atoms with Crippen molar-refractivity contribution in [2.45, 2.75) is 0 Å². The van der Waals surface area contributed by atoms with Gasteiger partial charge in [0.1, 0.15) is 12.4 Å². The summed E-state index contributed by atoms with van der Waals surface area (Å²) in [6.07, 6.45) is 1.77. The second kappa shape index (κ2) is 6.52. The molecular formula is C13H17ClN2O. The normalized spacial score (nSPS) is 16.4. The Morgan fingerprint density at radius 1 is 1.24 bits per heavy atom. The maximum atomic E-state index is 5.49. The molecule has 1 aromatic rings. The lowest BCUT2D eigenvalue weighted by Crippen LogP contribution is -2.43. The van der Waals surface area contributed by atoms with Crippen LogP contribution in [0.25, 0.3) is 0 Å². The number of hydrogen-bond acceptors (Lipinski definition) is 3. The van der Waals surface area contributed by atoms with E-state index in [2.05, 4.69) is 22.3 Å². The maximum Gasteiger partial charge on any atom is 0.119 e. The summed E-state index contributed by atoms with van der Waals surface area (Å²) < 4.78 is 5.49. The Morgan fingerprint density at radius 2 is 1.94 bits per heavy atom. The van der Waals surface area contributed by atoms with Crippen molar-refractivity contribution in [1.29, 1.82) is 0 Å². The van der Waals surface area contributed by atoms with Crippen LogP contribution in [0.15, 0.2) is 35.9 Å². The van der Waals surface area contributed by atoms with Gasteiger partial charge in [-0.1, -0.05) is 11.6 Å². The predicted molar refractivity (Wildman–Crippen MR) is 72.0 cm³/mol. The van der Waals surface area contributed by atoms with E-state index < -0.39 is 0 Å². The van der Waals surface area contributed by atoms with Crippen LogP contribution in [0.2, 0.25) is 0 Å². The largest absolute Gasteiger partial charge is 0.490 e. The molecule has 0 spiro atoms. The molecule has 1 fully saturated rings. The third-order valence-corrected chi connectivity index (χ3v) is 2.93. The molecule has 0 radical (unpaired) electrons. The van der Waals surface area contributed by atoms with E-state index in [0.29, 0.717) is 6.61 Å². The van der Waals surface area contributed by atoms with E-state index in [1.165, 1.54) is 11.2 Å². The van der Waals surface area contributed by atoms with Gasteiger partial charge in [-0.05, 0) is 30.3 Å². The molecule has 0 saturated carbocycles. The Balaban J connectivity index is 1.92. The molecule has 1 N–H and O–H groups in total. The Labute approximate surface area is 107 Å². The molecule has 92 valence electrons. The number of piperazine rings is 1. The Morgan fingerprint density at radius 3 is 2.59 bits per heavy atom. The first-order valence-electron chi connectivity index (χ1n) is 5.84. The van der Waals surface area contributed by atoms with Crippen molar-refractivity contribution in [2.75, 3.05) is 37.7 Å². The number of rotatable bonds is 4. The van der Waals surface area contributed by atoms with Crippen molar-refractivity contribution in [2.24, 2.45) is 0 Å². The maximum absolute atomic E-state index is 5.49. The van der Waals surface area contributed by atoms with Crippen LogP contribution in [0.5, 0.6) is 5.75 Å². The lowest BCUT2D eigenvalue weighted by atomic mass is 10.2. The fraction of sp³-hybridized carbons (Fsp3) is 0.385. The zero-order chi connectivity index (χ0) is 11.9. The van der Waals surface area contributed by atoms with Crippen molar-refractivity contribution in [1.82, 2.24) is 5.32 Å². The van der Waals surface area contributed by atoms with Gasteiger partial charge in [-0.15, -0.1) is 0 Å². The molecule has 17 heavy (non-hydrogen) atoms. The Hall–Kier alpha value is -1.19. The quantitative estimate of drug-likeness (QED) is 0.890. The van der Waals surface area contributed by atoms with Crippen molar-refractivity contribution >= 4 is 17.3 Å². The van der Waals surface area contributed by atoms with Gasteiger partial charge >= 0.3 is 0 Å². The standard InChI is InChI=1S/C13H17ClN2O/c14-6-1-11-17-13-4-2-12(3-5-13)16-9-7-15-8-10-16/h1-6,15H,7-11H2/b6-1+. The van der Waals surface area contributed by atoms with E-state index in [1.807, 2.05) is 12.1 Å². The van der Waals surface area contributed by atoms with Gasteiger partial charge in [-0.3, -0.25) is 0 Å². The van der Waals surface area contributed by atoms with Crippen LogP contribution in [-0.2, 0) is 0 Å². The van der Waals surface area contributed by atoms with Gasteiger partial charge in [0, 0.05) is 37.4 Å². The average Bonchev–Trinajstić information content (AvgIpc) is 2.41. The highest BCUT2D eigenvalue weighted by atomic mass is 35.5. The van der Waals surface area contributed by atoms with E-state index in [-0.39, 0.29) is 0 Å². The van der Waals surface area contributed by atoms with Gasteiger partial charge in [0.05, 0.1) is 0 Å². The number of benzene rings is 1. The first kappa shape index (κ1) is 12.3. The van der Waals surface area contributed by atoms with Gasteiger partial charge < -0.3 is 15.0 Å². The number of ether oxygens (including phenoxy) is 1. The fourth-order valence-electron chi connectivity index (χ4n) is 1.86. The van der Waals surface area contributed by atoms with Crippen LogP contribution in [0.1, 0.15) is 0 Å². The van der Waals surface area contributed by atoms with Crippen molar-refractivity contribution in [3.63, 3.8) is 0 Å². The molecule has 1 heterocycles. The summed E-state index contributed by atoms with van der Waals surface area (Å²) in [6, 6.07) is 8.20. The molecule has 1 aromatic carbocycles. The number of halogens is 1. The molecule has 0 aromatic heterocycles. The number of nitrogens with one attached hydrogen (secondary N) is 1. The molecular weight excluding hydrogens is 236 g/mol. The molecule has 1 saturated heterocycles. The zero-order valence-corrected chi connectivity index (χ0v) is 10.5.